The monoisotopic (exact) mass is 765 g/mol. The molecular weight excluding hydrogens is 669 g/mol. The Hall–Kier alpha value is -0.790. The second kappa shape index (κ2) is 25.6. The van der Waals surface area contributed by atoms with Crippen LogP contribution < -0.4 is 0 Å². The molecule has 4 rings (SSSR count). The van der Waals surface area contributed by atoms with E-state index < -0.39 is 0 Å². The number of hydrogen-bond donors (Lipinski definition) is 0. The lowest BCUT2D eigenvalue weighted by Gasteiger charge is -2.58. The fraction of sp³-hybridized carbons (Fsp3) is 0.943. The van der Waals surface area contributed by atoms with Crippen molar-refractivity contribution in [3.8, 4) is 0 Å². The summed E-state index contributed by atoms with van der Waals surface area (Å²) < 4.78 is 6.16. The molecule has 0 bridgehead atoms. The topological polar surface area (TPSA) is 26.3 Å². The molecule has 0 unspecified atom stereocenters. The van der Waals surface area contributed by atoms with Crippen molar-refractivity contribution < 1.29 is 9.53 Å². The number of allylic oxidation sites excluding steroid dienone is 1. The van der Waals surface area contributed by atoms with Gasteiger partial charge < -0.3 is 4.74 Å². The third kappa shape index (κ3) is 15.1. The van der Waals surface area contributed by atoms with Gasteiger partial charge in [-0.1, -0.05) is 214 Å². The van der Waals surface area contributed by atoms with Gasteiger partial charge in [0, 0.05) is 12.8 Å². The van der Waals surface area contributed by atoms with Crippen LogP contribution in [0.25, 0.3) is 0 Å². The van der Waals surface area contributed by atoms with E-state index in [9.17, 15) is 4.79 Å². The van der Waals surface area contributed by atoms with Crippen molar-refractivity contribution in [2.45, 2.75) is 272 Å². The second-order valence-electron chi connectivity index (χ2n) is 21.2. The normalized spacial score (nSPS) is 29.4. The molecule has 0 aromatic heterocycles. The van der Waals surface area contributed by atoms with E-state index in [0.29, 0.717) is 17.3 Å². The Labute approximate surface area is 344 Å². The molecule has 3 fully saturated rings. The number of rotatable bonds is 30. The van der Waals surface area contributed by atoms with Crippen molar-refractivity contribution in [3.63, 3.8) is 0 Å². The zero-order chi connectivity index (χ0) is 39.4. The molecular formula is C53H96O2. The van der Waals surface area contributed by atoms with Gasteiger partial charge in [0.2, 0.25) is 0 Å². The highest BCUT2D eigenvalue weighted by atomic mass is 16.5. The van der Waals surface area contributed by atoms with Crippen LogP contribution in [0.4, 0.5) is 0 Å². The molecule has 0 heterocycles. The molecule has 320 valence electrons. The molecule has 0 aromatic rings. The standard InChI is InChI=1S/C53H96O2/c1-7-8-9-10-11-12-13-14-15-16-17-18-19-20-21-22-23-24-25-26-27-28-29-33-51(54)55-46-38-40-52(5)45(42-46)34-35-47-49-37-36-48(44(4)32-30-31-43(2)3)53(49,6)41-39-50(47)52/h34,43-44,46-50H,7-33,35-42H2,1-6H3/t44-,46+,47+,48-,49+,50+,52+,53-/m1/s1. The molecule has 0 spiro atoms. The quantitative estimate of drug-likeness (QED) is 0.0414. The molecule has 0 saturated heterocycles. The molecule has 8 atom stereocenters. The number of ether oxygens (including phenoxy) is 1. The first-order chi connectivity index (χ1) is 26.7. The minimum Gasteiger partial charge on any atom is -0.462 e. The molecule has 2 nitrogen and oxygen atoms in total. The molecule has 0 N–H and O–H groups in total. The molecule has 4 aliphatic rings. The van der Waals surface area contributed by atoms with E-state index in [1.807, 2.05) is 0 Å². The van der Waals surface area contributed by atoms with Gasteiger partial charge in [-0.3, -0.25) is 4.79 Å². The van der Waals surface area contributed by atoms with Gasteiger partial charge in [-0.2, -0.15) is 0 Å². The highest BCUT2D eigenvalue weighted by Gasteiger charge is 2.59. The third-order valence-electron chi connectivity index (χ3n) is 16.5. The van der Waals surface area contributed by atoms with Crippen LogP contribution in [0.3, 0.4) is 0 Å². The van der Waals surface area contributed by atoms with Crippen molar-refractivity contribution >= 4 is 5.97 Å². The Morgan fingerprint density at radius 1 is 0.636 bits per heavy atom. The summed E-state index contributed by atoms with van der Waals surface area (Å²) in [5, 5.41) is 0. The Morgan fingerprint density at radius 3 is 1.69 bits per heavy atom. The molecule has 0 amide bonds. The first kappa shape index (κ1) is 46.9. The van der Waals surface area contributed by atoms with Crippen LogP contribution in [0.15, 0.2) is 11.6 Å². The Bertz CT molecular complexity index is 1060. The summed E-state index contributed by atoms with van der Waals surface area (Å²) in [5.41, 5.74) is 2.54. The second-order valence-corrected chi connectivity index (χ2v) is 21.2. The highest BCUT2D eigenvalue weighted by Crippen LogP contribution is 2.67. The zero-order valence-electron chi connectivity index (χ0n) is 38.2. The first-order valence-electron chi connectivity index (χ1n) is 25.6. The van der Waals surface area contributed by atoms with Gasteiger partial charge in [0.15, 0.2) is 0 Å². The molecule has 2 heteroatoms. The van der Waals surface area contributed by atoms with E-state index in [4.69, 9.17) is 4.74 Å². The van der Waals surface area contributed by atoms with Crippen molar-refractivity contribution in [1.82, 2.24) is 0 Å². The van der Waals surface area contributed by atoms with E-state index in [1.54, 1.807) is 5.57 Å². The number of unbranched alkanes of at least 4 members (excludes halogenated alkanes) is 22. The highest BCUT2D eigenvalue weighted by molar-refractivity contribution is 5.69. The van der Waals surface area contributed by atoms with Crippen LogP contribution in [0.2, 0.25) is 0 Å². The van der Waals surface area contributed by atoms with Gasteiger partial charge in [0.25, 0.3) is 0 Å². The fourth-order valence-corrected chi connectivity index (χ4v) is 13.1. The van der Waals surface area contributed by atoms with Crippen LogP contribution in [0.5, 0.6) is 0 Å². The lowest BCUT2D eigenvalue weighted by Crippen LogP contribution is -2.51. The minimum absolute atomic E-state index is 0.0688. The largest absolute Gasteiger partial charge is 0.462 e. The number of carbonyl (C=O) groups excluding carboxylic acids is 1. The van der Waals surface area contributed by atoms with E-state index in [1.165, 1.54) is 199 Å². The maximum Gasteiger partial charge on any atom is 0.306 e. The van der Waals surface area contributed by atoms with Crippen molar-refractivity contribution in [2.75, 3.05) is 0 Å². The van der Waals surface area contributed by atoms with E-state index in [0.717, 1.165) is 54.8 Å². The predicted molar refractivity (Wildman–Crippen MR) is 239 cm³/mol. The van der Waals surface area contributed by atoms with Crippen LogP contribution in [-0.2, 0) is 9.53 Å². The van der Waals surface area contributed by atoms with Crippen LogP contribution in [0.1, 0.15) is 266 Å². The summed E-state index contributed by atoms with van der Waals surface area (Å²) in [6.07, 6.45) is 50.2. The Balaban J connectivity index is 0.978. The van der Waals surface area contributed by atoms with Gasteiger partial charge in [-0.25, -0.2) is 0 Å². The average molecular weight is 765 g/mol. The van der Waals surface area contributed by atoms with Gasteiger partial charge in [-0.15, -0.1) is 0 Å². The number of hydrogen-bond acceptors (Lipinski definition) is 2. The Morgan fingerprint density at radius 2 is 1.16 bits per heavy atom. The van der Waals surface area contributed by atoms with Crippen molar-refractivity contribution in [3.05, 3.63) is 11.6 Å². The van der Waals surface area contributed by atoms with Gasteiger partial charge >= 0.3 is 5.97 Å². The molecule has 0 aliphatic heterocycles. The van der Waals surface area contributed by atoms with E-state index in [2.05, 4.69) is 47.6 Å². The summed E-state index contributed by atoms with van der Waals surface area (Å²) in [4.78, 5) is 12.9. The SMILES string of the molecule is CCCCCCCCCCCCCCCCCCCCCCCCCC(=O)O[C@H]1CC[C@@]2(C)C(=CC[C@H]3[C@@H]4CC[C@H]([C@H](C)CCCC(C)C)[C@@]4(C)CC[C@@H]32)C1. The zero-order valence-corrected chi connectivity index (χ0v) is 38.2. The van der Waals surface area contributed by atoms with E-state index in [-0.39, 0.29) is 12.1 Å². The van der Waals surface area contributed by atoms with Gasteiger partial charge in [-0.05, 0) is 97.7 Å². The summed E-state index contributed by atoms with van der Waals surface area (Å²) >= 11 is 0. The maximum atomic E-state index is 12.9. The number of carbonyl (C=O) groups is 1. The molecule has 0 radical (unpaired) electrons. The van der Waals surface area contributed by atoms with Crippen LogP contribution >= 0.6 is 0 Å². The van der Waals surface area contributed by atoms with Crippen LogP contribution in [0, 0.1) is 46.3 Å². The minimum atomic E-state index is 0.0688. The maximum absolute atomic E-state index is 12.9. The smallest absolute Gasteiger partial charge is 0.306 e. The summed E-state index contributed by atoms with van der Waals surface area (Å²) in [7, 11) is 0. The average Bonchev–Trinajstić information content (AvgIpc) is 3.52. The molecule has 55 heavy (non-hydrogen) atoms. The number of fused-ring (bicyclic) bond motifs is 5. The van der Waals surface area contributed by atoms with Gasteiger partial charge in [0.1, 0.15) is 6.10 Å². The van der Waals surface area contributed by atoms with Crippen LogP contribution in [-0.4, -0.2) is 12.1 Å². The van der Waals surface area contributed by atoms with Crippen molar-refractivity contribution in [2.24, 2.45) is 46.3 Å². The van der Waals surface area contributed by atoms with Gasteiger partial charge in [0.05, 0.1) is 0 Å². The first-order valence-corrected chi connectivity index (χ1v) is 25.6. The molecule has 0 aromatic carbocycles. The fourth-order valence-electron chi connectivity index (χ4n) is 13.1. The summed E-state index contributed by atoms with van der Waals surface area (Å²) in [6, 6.07) is 0. The lowest BCUT2D eigenvalue weighted by atomic mass is 9.47. The Kier molecular flexibility index (Phi) is 21.9. The molecule has 4 aliphatic carbocycles. The summed E-state index contributed by atoms with van der Waals surface area (Å²) in [5.74, 6) is 5.34. The predicted octanol–water partition coefficient (Wildman–Crippen LogP) is 17.3. The van der Waals surface area contributed by atoms with E-state index >= 15 is 0 Å². The number of esters is 1. The third-order valence-corrected chi connectivity index (χ3v) is 16.5. The molecule has 3 saturated carbocycles. The lowest BCUT2D eigenvalue weighted by molar-refractivity contribution is -0.151. The van der Waals surface area contributed by atoms with Crippen molar-refractivity contribution in [1.29, 1.82) is 0 Å². The summed E-state index contributed by atoms with van der Waals surface area (Å²) in [6.45, 7) is 15.0.